The topological polar surface area (TPSA) is 102 Å². The highest BCUT2D eigenvalue weighted by Crippen LogP contribution is 2.32. The molecule has 1 amide bonds. The number of benzene rings is 2. The second-order valence-corrected chi connectivity index (χ2v) is 6.42. The van der Waals surface area contributed by atoms with E-state index in [1.165, 1.54) is 13.3 Å². The quantitative estimate of drug-likeness (QED) is 0.623. The zero-order chi connectivity index (χ0) is 20.2. The van der Waals surface area contributed by atoms with Crippen molar-refractivity contribution in [1.82, 2.24) is 9.97 Å². The molecular weight excluding hydrogens is 372 g/mol. The first kappa shape index (κ1) is 18.4. The molecule has 2 N–H and O–H groups in total. The molecule has 0 spiro atoms. The summed E-state index contributed by atoms with van der Waals surface area (Å²) in [7, 11) is 0. The van der Waals surface area contributed by atoms with Gasteiger partial charge in [0.05, 0.1) is 0 Å². The predicted molar refractivity (Wildman–Crippen MR) is 106 cm³/mol. The minimum Gasteiger partial charge on any atom is -0.454 e. The predicted octanol–water partition coefficient (Wildman–Crippen LogP) is 3.27. The fourth-order valence-electron chi connectivity index (χ4n) is 2.81. The number of ether oxygens (including phenoxy) is 2. The summed E-state index contributed by atoms with van der Waals surface area (Å²) in [5.41, 5.74) is 2.38. The van der Waals surface area contributed by atoms with Gasteiger partial charge in [-0.1, -0.05) is 6.07 Å². The molecule has 0 radical (unpaired) electrons. The van der Waals surface area contributed by atoms with Gasteiger partial charge in [0.25, 0.3) is 5.91 Å². The largest absolute Gasteiger partial charge is 0.454 e. The van der Waals surface area contributed by atoms with Crippen molar-refractivity contribution in [2.45, 2.75) is 13.5 Å². The Kier molecular flexibility index (Phi) is 5.07. The highest BCUT2D eigenvalue weighted by molar-refractivity contribution is 6.03. The van der Waals surface area contributed by atoms with Crippen LogP contribution in [-0.2, 0) is 6.54 Å². The van der Waals surface area contributed by atoms with Crippen LogP contribution < -0.4 is 20.1 Å². The Balaban J connectivity index is 1.40. The lowest BCUT2D eigenvalue weighted by molar-refractivity contribution is 0.101. The Bertz CT molecular complexity index is 1070. The molecule has 8 nitrogen and oxygen atoms in total. The Morgan fingerprint density at radius 3 is 2.59 bits per heavy atom. The van der Waals surface area contributed by atoms with Crippen molar-refractivity contribution in [3.63, 3.8) is 0 Å². The molecule has 1 aromatic heterocycles. The summed E-state index contributed by atoms with van der Waals surface area (Å²) < 4.78 is 10.7. The molecule has 0 atom stereocenters. The number of hydrogen-bond donors (Lipinski definition) is 2. The second-order valence-electron chi connectivity index (χ2n) is 6.42. The van der Waals surface area contributed by atoms with Crippen molar-refractivity contribution in [1.29, 1.82) is 0 Å². The van der Waals surface area contributed by atoms with Gasteiger partial charge in [-0.15, -0.1) is 0 Å². The van der Waals surface area contributed by atoms with Crippen LogP contribution in [-0.4, -0.2) is 28.5 Å². The maximum absolute atomic E-state index is 12.5. The van der Waals surface area contributed by atoms with Gasteiger partial charge in [0.2, 0.25) is 6.79 Å². The molecule has 0 saturated heterocycles. The minimum absolute atomic E-state index is 0.0307. The Morgan fingerprint density at radius 1 is 1.00 bits per heavy atom. The Morgan fingerprint density at radius 2 is 1.79 bits per heavy atom. The van der Waals surface area contributed by atoms with E-state index in [9.17, 15) is 9.59 Å². The van der Waals surface area contributed by atoms with Crippen LogP contribution in [0.2, 0.25) is 0 Å². The van der Waals surface area contributed by atoms with E-state index in [0.29, 0.717) is 29.4 Å². The van der Waals surface area contributed by atoms with Gasteiger partial charge in [0.1, 0.15) is 17.8 Å². The van der Waals surface area contributed by atoms with Gasteiger partial charge < -0.3 is 20.1 Å². The van der Waals surface area contributed by atoms with E-state index < -0.39 is 0 Å². The minimum atomic E-state index is -0.367. The van der Waals surface area contributed by atoms with E-state index in [1.54, 1.807) is 30.3 Å². The zero-order valence-electron chi connectivity index (χ0n) is 15.6. The third kappa shape index (κ3) is 4.32. The lowest BCUT2D eigenvalue weighted by Crippen LogP contribution is -2.14. The summed E-state index contributed by atoms with van der Waals surface area (Å²) in [6, 6.07) is 13.9. The molecule has 0 aliphatic carbocycles. The van der Waals surface area contributed by atoms with E-state index in [-0.39, 0.29) is 24.2 Å². The first-order valence-electron chi connectivity index (χ1n) is 8.95. The number of nitrogens with one attached hydrogen (secondary N) is 2. The van der Waals surface area contributed by atoms with Crippen LogP contribution in [0.15, 0.2) is 54.9 Å². The van der Waals surface area contributed by atoms with E-state index >= 15 is 0 Å². The highest BCUT2D eigenvalue weighted by atomic mass is 16.7. The summed E-state index contributed by atoms with van der Waals surface area (Å²) in [5, 5.41) is 5.92. The van der Waals surface area contributed by atoms with E-state index in [4.69, 9.17) is 9.47 Å². The van der Waals surface area contributed by atoms with Crippen LogP contribution in [0, 0.1) is 0 Å². The number of anilines is 2. The van der Waals surface area contributed by atoms with E-state index in [2.05, 4.69) is 20.6 Å². The summed E-state index contributed by atoms with van der Waals surface area (Å²) in [6.45, 7) is 2.22. The molecule has 0 bridgehead atoms. The summed E-state index contributed by atoms with van der Waals surface area (Å²) in [4.78, 5) is 32.0. The van der Waals surface area contributed by atoms with Crippen molar-refractivity contribution >= 4 is 23.2 Å². The molecule has 4 rings (SSSR count). The monoisotopic (exact) mass is 390 g/mol. The first-order valence-corrected chi connectivity index (χ1v) is 8.95. The molecule has 1 aliphatic heterocycles. The number of amides is 1. The molecule has 3 aromatic rings. The lowest BCUT2D eigenvalue weighted by Gasteiger charge is -2.08. The maximum atomic E-state index is 12.5. The number of fused-ring (bicyclic) bond motifs is 1. The molecule has 8 heteroatoms. The van der Waals surface area contributed by atoms with Crippen molar-refractivity contribution in [3.05, 3.63) is 71.7 Å². The van der Waals surface area contributed by atoms with Crippen molar-refractivity contribution in [2.75, 3.05) is 17.4 Å². The molecule has 1 aliphatic rings. The van der Waals surface area contributed by atoms with Gasteiger partial charge in [0.15, 0.2) is 17.3 Å². The standard InChI is InChI=1S/C21H18N4O4/c1-13(26)15-3-5-16(6-4-15)25-21(27)17-9-20(24-11-23-17)22-10-14-2-7-18-19(8-14)29-12-28-18/h2-9,11H,10,12H2,1H3,(H,25,27)(H,22,23,24). The number of aromatic nitrogens is 2. The number of hydrogen-bond acceptors (Lipinski definition) is 7. The summed E-state index contributed by atoms with van der Waals surface area (Å²) in [5.74, 6) is 1.56. The van der Waals surface area contributed by atoms with Gasteiger partial charge in [-0.3, -0.25) is 9.59 Å². The second kappa shape index (κ2) is 7.97. The van der Waals surface area contributed by atoms with Crippen LogP contribution in [0.25, 0.3) is 0 Å². The number of rotatable bonds is 6. The fraction of sp³-hybridized carbons (Fsp3) is 0.143. The molecule has 2 aromatic carbocycles. The average molecular weight is 390 g/mol. The first-order chi connectivity index (χ1) is 14.1. The van der Waals surface area contributed by atoms with Gasteiger partial charge >= 0.3 is 0 Å². The lowest BCUT2D eigenvalue weighted by atomic mass is 10.1. The molecule has 2 heterocycles. The molecule has 0 fully saturated rings. The Hall–Kier alpha value is -3.94. The number of nitrogens with zero attached hydrogens (tertiary/aromatic N) is 2. The average Bonchev–Trinajstić information content (AvgIpc) is 3.21. The van der Waals surface area contributed by atoms with E-state index in [1.807, 2.05) is 18.2 Å². The molecule has 0 unspecified atom stereocenters. The number of Topliss-reactive ketones (excluding diaryl/α,β-unsaturated/α-hetero) is 1. The van der Waals surface area contributed by atoms with Crippen molar-refractivity contribution in [3.8, 4) is 11.5 Å². The molecular formula is C21H18N4O4. The van der Waals surface area contributed by atoms with Crippen molar-refractivity contribution in [2.24, 2.45) is 0 Å². The van der Waals surface area contributed by atoms with Crippen LogP contribution in [0.5, 0.6) is 11.5 Å². The Labute approximate surface area is 166 Å². The van der Waals surface area contributed by atoms with Gasteiger partial charge in [0, 0.05) is 23.9 Å². The molecule has 146 valence electrons. The van der Waals surface area contributed by atoms with Crippen LogP contribution in [0.3, 0.4) is 0 Å². The third-order valence-electron chi connectivity index (χ3n) is 4.36. The SMILES string of the molecule is CC(=O)c1ccc(NC(=O)c2cc(NCc3ccc4c(c3)OCO4)ncn2)cc1. The molecule has 29 heavy (non-hydrogen) atoms. The van der Waals surface area contributed by atoms with Gasteiger partial charge in [-0.2, -0.15) is 0 Å². The normalized spacial score (nSPS) is 11.8. The third-order valence-corrected chi connectivity index (χ3v) is 4.36. The number of carbonyl (C=O) groups excluding carboxylic acids is 2. The van der Waals surface area contributed by atoms with Gasteiger partial charge in [-0.05, 0) is 48.9 Å². The van der Waals surface area contributed by atoms with Crippen LogP contribution >= 0.6 is 0 Å². The smallest absolute Gasteiger partial charge is 0.274 e. The van der Waals surface area contributed by atoms with Gasteiger partial charge in [-0.25, -0.2) is 9.97 Å². The number of carbonyl (C=O) groups is 2. The number of ketones is 1. The summed E-state index contributed by atoms with van der Waals surface area (Å²) in [6.07, 6.45) is 1.33. The molecule has 0 saturated carbocycles. The van der Waals surface area contributed by atoms with Crippen LogP contribution in [0.4, 0.5) is 11.5 Å². The zero-order valence-corrected chi connectivity index (χ0v) is 15.6. The van der Waals surface area contributed by atoms with Crippen LogP contribution in [0.1, 0.15) is 33.3 Å². The van der Waals surface area contributed by atoms with E-state index in [0.717, 1.165) is 11.3 Å². The fourth-order valence-corrected chi connectivity index (χ4v) is 2.81. The highest BCUT2D eigenvalue weighted by Gasteiger charge is 2.13. The summed E-state index contributed by atoms with van der Waals surface area (Å²) >= 11 is 0. The maximum Gasteiger partial charge on any atom is 0.274 e. The van der Waals surface area contributed by atoms with Crippen molar-refractivity contribution < 1.29 is 19.1 Å².